The predicted octanol–water partition coefficient (Wildman–Crippen LogP) is -1.50. The fraction of sp³-hybridized carbons (Fsp3) is 0.667. The SMILES string of the molecule is COC(=O)C1=CC(O)C(O)[C@H](OS(C)(=O)=O)C1F. The van der Waals surface area contributed by atoms with Gasteiger partial charge in [-0.2, -0.15) is 8.42 Å². The maximum absolute atomic E-state index is 13.9. The lowest BCUT2D eigenvalue weighted by molar-refractivity contribution is -0.139. The molecule has 1 aliphatic carbocycles. The second-order valence-corrected chi connectivity index (χ2v) is 5.36. The maximum atomic E-state index is 13.9. The van der Waals surface area contributed by atoms with Gasteiger partial charge in [0.25, 0.3) is 10.1 Å². The number of methoxy groups -OCH3 is 1. The largest absolute Gasteiger partial charge is 0.466 e. The molecule has 0 aromatic carbocycles. The molecule has 0 aliphatic heterocycles. The Kier molecular flexibility index (Phi) is 4.43. The summed E-state index contributed by atoms with van der Waals surface area (Å²) in [5, 5.41) is 18.9. The van der Waals surface area contributed by atoms with Crippen molar-refractivity contribution in [3.8, 4) is 0 Å². The van der Waals surface area contributed by atoms with Gasteiger partial charge in [0.2, 0.25) is 0 Å². The quantitative estimate of drug-likeness (QED) is 0.479. The lowest BCUT2D eigenvalue weighted by Gasteiger charge is -2.32. The Labute approximate surface area is 103 Å². The molecule has 2 N–H and O–H groups in total. The highest BCUT2D eigenvalue weighted by atomic mass is 32.2. The summed E-state index contributed by atoms with van der Waals surface area (Å²) in [6.07, 6.45) is -6.11. The predicted molar refractivity (Wildman–Crippen MR) is 56.7 cm³/mol. The molecule has 7 nitrogen and oxygen atoms in total. The average Bonchev–Trinajstić information content (AvgIpc) is 2.27. The van der Waals surface area contributed by atoms with Crippen LogP contribution >= 0.6 is 0 Å². The molecule has 0 bridgehead atoms. The highest BCUT2D eigenvalue weighted by Crippen LogP contribution is 2.27. The smallest absolute Gasteiger partial charge is 0.336 e. The van der Waals surface area contributed by atoms with E-state index >= 15 is 0 Å². The minimum absolute atomic E-state index is 0.594. The number of hydrogen-bond acceptors (Lipinski definition) is 7. The Balaban J connectivity index is 3.07. The molecule has 4 atom stereocenters. The zero-order valence-corrected chi connectivity index (χ0v) is 10.4. The zero-order valence-electron chi connectivity index (χ0n) is 9.61. The van der Waals surface area contributed by atoms with Crippen LogP contribution in [0, 0.1) is 0 Å². The van der Waals surface area contributed by atoms with E-state index in [1.807, 2.05) is 0 Å². The van der Waals surface area contributed by atoms with Gasteiger partial charge in [0.05, 0.1) is 18.9 Å². The number of esters is 1. The van der Waals surface area contributed by atoms with Crippen LogP contribution < -0.4 is 0 Å². The van der Waals surface area contributed by atoms with Crippen LogP contribution in [0.5, 0.6) is 0 Å². The first kappa shape index (κ1) is 15.0. The van der Waals surface area contributed by atoms with Gasteiger partial charge < -0.3 is 14.9 Å². The van der Waals surface area contributed by atoms with Gasteiger partial charge in [-0.3, -0.25) is 4.18 Å². The van der Waals surface area contributed by atoms with E-state index in [0.717, 1.165) is 13.2 Å². The molecular weight excluding hydrogens is 271 g/mol. The molecule has 1 aliphatic rings. The molecule has 0 aromatic heterocycles. The van der Waals surface area contributed by atoms with Gasteiger partial charge in [0.1, 0.15) is 18.3 Å². The Morgan fingerprint density at radius 3 is 2.44 bits per heavy atom. The van der Waals surface area contributed by atoms with Gasteiger partial charge in [-0.15, -0.1) is 0 Å². The third-order valence-electron chi connectivity index (χ3n) is 2.33. The number of carbonyl (C=O) groups excluding carboxylic acids is 1. The molecule has 0 heterocycles. The van der Waals surface area contributed by atoms with Gasteiger partial charge in [0, 0.05) is 0 Å². The molecule has 104 valence electrons. The third kappa shape index (κ3) is 3.25. The lowest BCUT2D eigenvalue weighted by Crippen LogP contribution is -2.50. The Bertz CT molecular complexity index is 458. The Morgan fingerprint density at radius 2 is 2.00 bits per heavy atom. The number of rotatable bonds is 3. The maximum Gasteiger partial charge on any atom is 0.336 e. The van der Waals surface area contributed by atoms with E-state index < -0.39 is 46.1 Å². The summed E-state index contributed by atoms with van der Waals surface area (Å²) < 4.78 is 44.3. The first-order valence-corrected chi connectivity index (χ1v) is 6.67. The van der Waals surface area contributed by atoms with Crippen molar-refractivity contribution in [2.45, 2.75) is 24.5 Å². The Morgan fingerprint density at radius 1 is 1.44 bits per heavy atom. The second-order valence-electron chi connectivity index (χ2n) is 3.76. The topological polar surface area (TPSA) is 110 Å². The molecule has 0 spiro atoms. The molecule has 1 rings (SSSR count). The van der Waals surface area contributed by atoms with Crippen LogP contribution in [0.2, 0.25) is 0 Å². The summed E-state index contributed by atoms with van der Waals surface area (Å²) >= 11 is 0. The van der Waals surface area contributed by atoms with E-state index in [1.165, 1.54) is 0 Å². The molecule has 0 saturated heterocycles. The molecule has 0 aromatic rings. The number of aliphatic hydroxyl groups excluding tert-OH is 2. The second kappa shape index (κ2) is 5.31. The van der Waals surface area contributed by atoms with Crippen LogP contribution in [0.1, 0.15) is 0 Å². The summed E-state index contributed by atoms with van der Waals surface area (Å²) in [6, 6.07) is 0. The molecule has 0 radical (unpaired) electrons. The van der Waals surface area contributed by atoms with E-state index in [0.29, 0.717) is 6.26 Å². The van der Waals surface area contributed by atoms with Gasteiger partial charge in [-0.25, -0.2) is 9.18 Å². The van der Waals surface area contributed by atoms with Crippen molar-refractivity contribution in [1.29, 1.82) is 0 Å². The van der Waals surface area contributed by atoms with Crippen molar-refractivity contribution >= 4 is 16.1 Å². The van der Waals surface area contributed by atoms with E-state index in [9.17, 15) is 27.8 Å². The summed E-state index contributed by atoms with van der Waals surface area (Å²) in [5.41, 5.74) is -0.594. The van der Waals surface area contributed by atoms with Crippen LogP contribution in [0.3, 0.4) is 0 Å². The normalized spacial score (nSPS) is 32.8. The highest BCUT2D eigenvalue weighted by molar-refractivity contribution is 7.86. The average molecular weight is 284 g/mol. The fourth-order valence-electron chi connectivity index (χ4n) is 1.52. The van der Waals surface area contributed by atoms with Gasteiger partial charge >= 0.3 is 5.97 Å². The molecule has 0 fully saturated rings. The van der Waals surface area contributed by atoms with Crippen molar-refractivity contribution in [2.75, 3.05) is 13.4 Å². The van der Waals surface area contributed by atoms with E-state index in [4.69, 9.17) is 0 Å². The summed E-state index contributed by atoms with van der Waals surface area (Å²) in [7, 11) is -3.06. The molecular formula is C9H13FO7S. The number of halogens is 1. The lowest BCUT2D eigenvalue weighted by atomic mass is 9.90. The van der Waals surface area contributed by atoms with Crippen LogP contribution in [0.15, 0.2) is 11.6 Å². The minimum Gasteiger partial charge on any atom is -0.466 e. The van der Waals surface area contributed by atoms with Crippen LogP contribution in [0.4, 0.5) is 4.39 Å². The van der Waals surface area contributed by atoms with Crippen LogP contribution in [-0.2, 0) is 23.8 Å². The molecule has 0 amide bonds. The number of ether oxygens (including phenoxy) is 1. The number of aliphatic hydroxyl groups is 2. The summed E-state index contributed by atoms with van der Waals surface area (Å²) in [4.78, 5) is 11.2. The van der Waals surface area contributed by atoms with Gasteiger partial charge in [-0.1, -0.05) is 0 Å². The highest BCUT2D eigenvalue weighted by Gasteiger charge is 2.44. The van der Waals surface area contributed by atoms with Crippen molar-refractivity contribution in [3.05, 3.63) is 11.6 Å². The van der Waals surface area contributed by atoms with Gasteiger partial charge in [-0.05, 0) is 6.08 Å². The first-order chi connectivity index (χ1) is 8.17. The minimum atomic E-state index is -4.06. The van der Waals surface area contributed by atoms with Crippen molar-refractivity contribution in [1.82, 2.24) is 0 Å². The fourth-order valence-corrected chi connectivity index (χ4v) is 2.14. The zero-order chi connectivity index (χ0) is 14.1. The number of hydrogen-bond donors (Lipinski definition) is 2. The molecule has 3 unspecified atom stereocenters. The number of carbonyl (C=O) groups is 1. The van der Waals surface area contributed by atoms with E-state index in [1.54, 1.807) is 0 Å². The van der Waals surface area contributed by atoms with Crippen LogP contribution in [0.25, 0.3) is 0 Å². The van der Waals surface area contributed by atoms with Crippen molar-refractivity contribution in [2.24, 2.45) is 0 Å². The van der Waals surface area contributed by atoms with Gasteiger partial charge in [0.15, 0.2) is 6.17 Å². The van der Waals surface area contributed by atoms with E-state index in [2.05, 4.69) is 8.92 Å². The molecule has 9 heteroatoms. The van der Waals surface area contributed by atoms with E-state index in [-0.39, 0.29) is 0 Å². The van der Waals surface area contributed by atoms with Crippen LogP contribution in [-0.4, -0.2) is 62.4 Å². The monoisotopic (exact) mass is 284 g/mol. The number of alkyl halides is 1. The van der Waals surface area contributed by atoms with Crippen molar-refractivity contribution in [3.63, 3.8) is 0 Å². The summed E-state index contributed by atoms with van der Waals surface area (Å²) in [5.74, 6) is -1.07. The standard InChI is InChI=1S/C9H13FO7S/c1-16-9(13)4-3-5(11)7(12)8(6(4)10)17-18(2,14)15/h3,5-8,11-12H,1-2H3/t5?,6?,7?,8-/m1/s1. The first-order valence-electron chi connectivity index (χ1n) is 4.86. The molecule has 0 saturated carbocycles. The Hall–Kier alpha value is -1.03. The summed E-state index contributed by atoms with van der Waals surface area (Å²) in [6.45, 7) is 0. The third-order valence-corrected chi connectivity index (χ3v) is 2.90. The molecule has 18 heavy (non-hydrogen) atoms. The van der Waals surface area contributed by atoms with Crippen molar-refractivity contribution < 1.29 is 36.7 Å².